The predicted octanol–water partition coefficient (Wildman–Crippen LogP) is 2.91. The lowest BCUT2D eigenvalue weighted by Gasteiger charge is -2.25. The first-order valence-electron chi connectivity index (χ1n) is 8.92. The minimum absolute atomic E-state index is 0.0595. The Bertz CT molecular complexity index is 927. The number of benzene rings is 2. The maximum atomic E-state index is 13.4. The van der Waals surface area contributed by atoms with Gasteiger partial charge in [0.2, 0.25) is 0 Å². The normalized spacial score (nSPS) is 18.4. The van der Waals surface area contributed by atoms with Gasteiger partial charge >= 0.3 is 0 Å². The molecule has 1 unspecified atom stereocenters. The third-order valence-electron chi connectivity index (χ3n) is 4.56. The quantitative estimate of drug-likeness (QED) is 0.312. The number of amides is 1. The zero-order valence-corrected chi connectivity index (χ0v) is 16.1. The minimum Gasteiger partial charge on any atom is -0.507 e. The Hall–Kier alpha value is -2.74. The van der Waals surface area contributed by atoms with Crippen molar-refractivity contribution in [3.05, 3.63) is 76.1 Å². The molecule has 0 radical (unpaired) electrons. The van der Waals surface area contributed by atoms with Crippen LogP contribution in [0.5, 0.6) is 0 Å². The average molecular weight is 420 g/mol. The SMILES string of the molecule is O=C1C(=O)N(CCOCCO)C(c2ccc(F)cc2)C1=C(O)c1ccc(Cl)cc1. The number of carbonyl (C=O) groups is 2. The first-order chi connectivity index (χ1) is 13.9. The molecule has 0 aromatic heterocycles. The maximum Gasteiger partial charge on any atom is 0.295 e. The molecule has 1 fully saturated rings. The van der Waals surface area contributed by atoms with Crippen LogP contribution < -0.4 is 0 Å². The van der Waals surface area contributed by atoms with E-state index < -0.39 is 23.5 Å². The first-order valence-corrected chi connectivity index (χ1v) is 9.30. The molecule has 1 aliphatic rings. The van der Waals surface area contributed by atoms with Gasteiger partial charge in [-0.25, -0.2) is 4.39 Å². The Labute approximate surface area is 171 Å². The van der Waals surface area contributed by atoms with E-state index in [0.717, 1.165) is 0 Å². The van der Waals surface area contributed by atoms with Crippen LogP contribution in [0.4, 0.5) is 4.39 Å². The van der Waals surface area contributed by atoms with E-state index in [0.29, 0.717) is 16.1 Å². The van der Waals surface area contributed by atoms with Crippen molar-refractivity contribution in [3.8, 4) is 0 Å². The van der Waals surface area contributed by atoms with Crippen LogP contribution >= 0.6 is 11.6 Å². The number of aliphatic hydroxyl groups is 2. The molecule has 152 valence electrons. The van der Waals surface area contributed by atoms with Crippen molar-refractivity contribution in [2.24, 2.45) is 0 Å². The van der Waals surface area contributed by atoms with Gasteiger partial charge in [0.1, 0.15) is 11.6 Å². The zero-order chi connectivity index (χ0) is 21.0. The number of carbonyl (C=O) groups excluding carboxylic acids is 2. The molecule has 1 heterocycles. The van der Waals surface area contributed by atoms with E-state index in [2.05, 4.69) is 0 Å². The minimum atomic E-state index is -0.899. The summed E-state index contributed by atoms with van der Waals surface area (Å²) in [7, 11) is 0. The van der Waals surface area contributed by atoms with Crippen molar-refractivity contribution < 1.29 is 28.9 Å². The largest absolute Gasteiger partial charge is 0.507 e. The van der Waals surface area contributed by atoms with Gasteiger partial charge in [0.05, 0.1) is 31.4 Å². The van der Waals surface area contributed by atoms with Crippen molar-refractivity contribution in [2.75, 3.05) is 26.4 Å². The fourth-order valence-corrected chi connectivity index (χ4v) is 3.32. The summed E-state index contributed by atoms with van der Waals surface area (Å²) in [5.74, 6) is -2.43. The lowest BCUT2D eigenvalue weighted by molar-refractivity contribution is -0.140. The van der Waals surface area contributed by atoms with Gasteiger partial charge in [0, 0.05) is 17.1 Å². The molecule has 8 heteroatoms. The summed E-state index contributed by atoms with van der Waals surface area (Å²) in [6.45, 7) is 0.0724. The Morgan fingerprint density at radius 3 is 2.34 bits per heavy atom. The number of hydrogen-bond donors (Lipinski definition) is 2. The number of nitrogens with zero attached hydrogens (tertiary/aromatic N) is 1. The fourth-order valence-electron chi connectivity index (χ4n) is 3.20. The topological polar surface area (TPSA) is 87.1 Å². The summed E-state index contributed by atoms with van der Waals surface area (Å²) in [5.41, 5.74) is 0.713. The molecule has 2 N–H and O–H groups in total. The highest BCUT2D eigenvalue weighted by atomic mass is 35.5. The number of hydrogen-bond acceptors (Lipinski definition) is 5. The molecule has 29 heavy (non-hydrogen) atoms. The number of Topliss-reactive ketones (excluding diaryl/α,β-unsaturated/α-hetero) is 1. The van der Waals surface area contributed by atoms with Crippen LogP contribution in [0.25, 0.3) is 5.76 Å². The monoisotopic (exact) mass is 419 g/mol. The smallest absolute Gasteiger partial charge is 0.295 e. The third kappa shape index (κ3) is 4.48. The van der Waals surface area contributed by atoms with Gasteiger partial charge in [0.15, 0.2) is 0 Å². The van der Waals surface area contributed by atoms with Crippen molar-refractivity contribution in [1.82, 2.24) is 4.90 Å². The van der Waals surface area contributed by atoms with Crippen LogP contribution in [0.15, 0.2) is 54.1 Å². The van der Waals surface area contributed by atoms with E-state index in [1.54, 1.807) is 12.1 Å². The molecule has 2 aromatic rings. The van der Waals surface area contributed by atoms with E-state index in [1.807, 2.05) is 0 Å². The predicted molar refractivity (Wildman–Crippen MR) is 105 cm³/mol. The van der Waals surface area contributed by atoms with E-state index >= 15 is 0 Å². The number of ketones is 1. The molecule has 0 bridgehead atoms. The Balaban J connectivity index is 2.05. The average Bonchev–Trinajstić information content (AvgIpc) is 2.96. The highest BCUT2D eigenvalue weighted by molar-refractivity contribution is 6.46. The standard InChI is InChI=1S/C21H19ClFNO5/c22-15-5-1-14(2-6-15)19(26)17-18(13-3-7-16(23)8-4-13)24(21(28)20(17)27)9-11-29-12-10-25/h1-8,18,25-26H,9-12H2. The number of likely N-dealkylation sites (tertiary alicyclic amines) is 1. The van der Waals surface area contributed by atoms with Gasteiger partial charge in [0.25, 0.3) is 11.7 Å². The molecule has 0 aliphatic carbocycles. The van der Waals surface area contributed by atoms with Crippen LogP contribution in [0.1, 0.15) is 17.2 Å². The number of halogens is 2. The summed E-state index contributed by atoms with van der Waals surface area (Å²) in [6.07, 6.45) is 0. The summed E-state index contributed by atoms with van der Waals surface area (Å²) in [6, 6.07) is 10.7. The zero-order valence-electron chi connectivity index (χ0n) is 15.3. The van der Waals surface area contributed by atoms with Crippen molar-refractivity contribution in [2.45, 2.75) is 6.04 Å². The summed E-state index contributed by atoms with van der Waals surface area (Å²) < 4.78 is 18.6. The molecular weight excluding hydrogens is 401 g/mol. The van der Waals surface area contributed by atoms with Crippen LogP contribution in [-0.2, 0) is 14.3 Å². The molecule has 1 aliphatic heterocycles. The number of ether oxygens (including phenoxy) is 1. The second-order valence-corrected chi connectivity index (χ2v) is 6.82. The number of rotatable bonds is 7. The van der Waals surface area contributed by atoms with Crippen molar-refractivity contribution >= 4 is 29.1 Å². The van der Waals surface area contributed by atoms with Gasteiger partial charge < -0.3 is 19.8 Å². The maximum absolute atomic E-state index is 13.4. The highest BCUT2D eigenvalue weighted by Gasteiger charge is 2.45. The van der Waals surface area contributed by atoms with Crippen molar-refractivity contribution in [3.63, 3.8) is 0 Å². The van der Waals surface area contributed by atoms with Gasteiger partial charge in [-0.1, -0.05) is 23.7 Å². The first kappa shape index (κ1) is 21.0. The van der Waals surface area contributed by atoms with Crippen LogP contribution in [-0.4, -0.2) is 53.2 Å². The van der Waals surface area contributed by atoms with Crippen LogP contribution in [0, 0.1) is 5.82 Å². The fraction of sp³-hybridized carbons (Fsp3) is 0.238. The van der Waals surface area contributed by atoms with E-state index in [4.69, 9.17) is 21.4 Å². The van der Waals surface area contributed by atoms with Gasteiger partial charge in [-0.15, -0.1) is 0 Å². The second-order valence-electron chi connectivity index (χ2n) is 6.39. The molecular formula is C21H19ClFNO5. The lowest BCUT2D eigenvalue weighted by Crippen LogP contribution is -2.33. The molecule has 1 amide bonds. The third-order valence-corrected chi connectivity index (χ3v) is 4.81. The second kappa shape index (κ2) is 9.17. The highest BCUT2D eigenvalue weighted by Crippen LogP contribution is 2.39. The molecule has 6 nitrogen and oxygen atoms in total. The van der Waals surface area contributed by atoms with Crippen molar-refractivity contribution in [1.29, 1.82) is 0 Å². The van der Waals surface area contributed by atoms with Crippen LogP contribution in [0.3, 0.4) is 0 Å². The van der Waals surface area contributed by atoms with Crippen LogP contribution in [0.2, 0.25) is 5.02 Å². The summed E-state index contributed by atoms with van der Waals surface area (Å²) in [4.78, 5) is 26.7. The molecule has 2 aromatic carbocycles. The molecule has 1 saturated heterocycles. The molecule has 0 spiro atoms. The molecule has 3 rings (SSSR count). The molecule has 1 atom stereocenters. The Morgan fingerprint density at radius 1 is 1.07 bits per heavy atom. The van der Waals surface area contributed by atoms with E-state index in [1.165, 1.54) is 41.3 Å². The van der Waals surface area contributed by atoms with Gasteiger partial charge in [-0.3, -0.25) is 9.59 Å². The Kier molecular flexibility index (Phi) is 6.64. The lowest BCUT2D eigenvalue weighted by atomic mass is 9.95. The van der Waals surface area contributed by atoms with Gasteiger partial charge in [-0.05, 0) is 42.0 Å². The van der Waals surface area contributed by atoms with E-state index in [-0.39, 0.29) is 37.7 Å². The number of aliphatic hydroxyl groups excluding tert-OH is 2. The summed E-state index contributed by atoms with van der Waals surface area (Å²) >= 11 is 5.88. The molecule has 0 saturated carbocycles. The summed E-state index contributed by atoms with van der Waals surface area (Å²) in [5, 5.41) is 20.1. The van der Waals surface area contributed by atoms with E-state index in [9.17, 15) is 19.1 Å². The Morgan fingerprint density at radius 2 is 1.72 bits per heavy atom. The van der Waals surface area contributed by atoms with Gasteiger partial charge in [-0.2, -0.15) is 0 Å².